The monoisotopic (exact) mass is 311 g/mol. The van der Waals surface area contributed by atoms with Crippen LogP contribution >= 0.6 is 22.9 Å². The van der Waals surface area contributed by atoms with Crippen LogP contribution in [0.15, 0.2) is 17.5 Å². The lowest BCUT2D eigenvalue weighted by Crippen LogP contribution is -2.20. The first-order chi connectivity index (χ1) is 9.67. The molecule has 0 aliphatic carbocycles. The Hall–Kier alpha value is -1.40. The number of hydrogen-bond donors (Lipinski definition) is 2. The predicted octanol–water partition coefficient (Wildman–Crippen LogP) is 3.45. The Kier molecular flexibility index (Phi) is 5.55. The van der Waals surface area contributed by atoms with Crippen LogP contribution in [0.1, 0.15) is 25.1 Å². The molecule has 0 aromatic carbocycles. The molecular weight excluding hydrogens is 294 g/mol. The minimum absolute atomic E-state index is 0.199. The zero-order chi connectivity index (χ0) is 14.4. The van der Waals surface area contributed by atoms with Crippen LogP contribution in [-0.4, -0.2) is 27.5 Å². The molecule has 2 rings (SSSR count). The summed E-state index contributed by atoms with van der Waals surface area (Å²) >= 11 is 7.66. The minimum atomic E-state index is 0.199. The summed E-state index contributed by atoms with van der Waals surface area (Å²) in [4.78, 5) is 13.8. The Bertz CT molecular complexity index is 532. The second-order valence-corrected chi connectivity index (χ2v) is 5.88. The van der Waals surface area contributed by atoms with Gasteiger partial charge in [-0.05, 0) is 36.4 Å². The van der Waals surface area contributed by atoms with Crippen molar-refractivity contribution in [3.05, 3.63) is 27.7 Å². The summed E-state index contributed by atoms with van der Waals surface area (Å²) < 4.78 is 0. The third-order valence-corrected chi connectivity index (χ3v) is 3.67. The molecule has 1 unspecified atom stereocenters. The minimum Gasteiger partial charge on any atom is -0.354 e. The maximum absolute atomic E-state index is 5.91. The number of halogens is 1. The standard InChI is InChI=1S/C13H18ClN5S/c1-3-6-15-12-17-11(14)18-13(19-12)16-9(2)8-10-5-4-7-20-10/h4-5,7,9H,3,6,8H2,1-2H3,(H2,15,16,17,18,19). The summed E-state index contributed by atoms with van der Waals surface area (Å²) in [6.07, 6.45) is 1.93. The number of anilines is 2. The summed E-state index contributed by atoms with van der Waals surface area (Å²) in [5.74, 6) is 1.02. The Morgan fingerprint density at radius 2 is 2.10 bits per heavy atom. The number of rotatable bonds is 7. The van der Waals surface area contributed by atoms with E-state index < -0.39 is 0 Å². The van der Waals surface area contributed by atoms with Gasteiger partial charge in [-0.25, -0.2) is 0 Å². The number of aromatic nitrogens is 3. The van der Waals surface area contributed by atoms with E-state index in [1.165, 1.54) is 4.88 Å². The molecule has 2 N–H and O–H groups in total. The van der Waals surface area contributed by atoms with Gasteiger partial charge < -0.3 is 10.6 Å². The first-order valence-electron chi connectivity index (χ1n) is 6.61. The first kappa shape index (κ1) is 15.0. The van der Waals surface area contributed by atoms with Crippen LogP contribution in [0.25, 0.3) is 0 Å². The molecule has 0 radical (unpaired) electrons. The molecule has 0 spiro atoms. The van der Waals surface area contributed by atoms with Gasteiger partial charge >= 0.3 is 0 Å². The van der Waals surface area contributed by atoms with Crippen molar-refractivity contribution in [3.8, 4) is 0 Å². The van der Waals surface area contributed by atoms with Gasteiger partial charge in [0.2, 0.25) is 17.2 Å². The summed E-state index contributed by atoms with van der Waals surface area (Å²) in [5.41, 5.74) is 0. The molecule has 0 aliphatic rings. The van der Waals surface area contributed by atoms with E-state index >= 15 is 0 Å². The Balaban J connectivity index is 1.98. The van der Waals surface area contributed by atoms with Crippen molar-refractivity contribution in [2.24, 2.45) is 0 Å². The van der Waals surface area contributed by atoms with Gasteiger partial charge in [-0.1, -0.05) is 13.0 Å². The van der Waals surface area contributed by atoms with Crippen LogP contribution < -0.4 is 10.6 Å². The molecule has 0 amide bonds. The molecule has 0 fully saturated rings. The molecule has 0 saturated carbocycles. The van der Waals surface area contributed by atoms with E-state index in [0.29, 0.717) is 11.9 Å². The lowest BCUT2D eigenvalue weighted by atomic mass is 10.2. The van der Waals surface area contributed by atoms with Crippen LogP contribution in [0.3, 0.4) is 0 Å². The van der Waals surface area contributed by atoms with Gasteiger partial charge in [0.25, 0.3) is 0 Å². The van der Waals surface area contributed by atoms with Gasteiger partial charge in [-0.15, -0.1) is 11.3 Å². The van der Waals surface area contributed by atoms with Gasteiger partial charge in [0.05, 0.1) is 0 Å². The maximum atomic E-state index is 5.91. The zero-order valence-electron chi connectivity index (χ0n) is 11.6. The molecule has 2 aromatic heterocycles. The Morgan fingerprint density at radius 1 is 1.30 bits per heavy atom. The highest BCUT2D eigenvalue weighted by Gasteiger charge is 2.09. The normalized spacial score (nSPS) is 12.2. The van der Waals surface area contributed by atoms with E-state index in [4.69, 9.17) is 11.6 Å². The van der Waals surface area contributed by atoms with Crippen molar-refractivity contribution in [1.82, 2.24) is 15.0 Å². The van der Waals surface area contributed by atoms with Gasteiger partial charge in [0.15, 0.2) is 0 Å². The predicted molar refractivity (Wildman–Crippen MR) is 84.7 cm³/mol. The Labute approximate surface area is 127 Å². The molecule has 1 atom stereocenters. The third-order valence-electron chi connectivity index (χ3n) is 2.60. The highest BCUT2D eigenvalue weighted by Crippen LogP contribution is 2.14. The zero-order valence-corrected chi connectivity index (χ0v) is 13.1. The molecule has 0 bridgehead atoms. The third kappa shape index (κ3) is 4.61. The van der Waals surface area contributed by atoms with Crippen molar-refractivity contribution in [3.63, 3.8) is 0 Å². The van der Waals surface area contributed by atoms with Gasteiger partial charge in [-0.2, -0.15) is 15.0 Å². The van der Waals surface area contributed by atoms with E-state index in [2.05, 4.69) is 56.9 Å². The second kappa shape index (κ2) is 7.40. The number of nitrogens with one attached hydrogen (secondary N) is 2. The van der Waals surface area contributed by atoms with E-state index in [0.717, 1.165) is 19.4 Å². The number of hydrogen-bond acceptors (Lipinski definition) is 6. The quantitative estimate of drug-likeness (QED) is 0.820. The fourth-order valence-corrected chi connectivity index (χ4v) is 2.73. The van der Waals surface area contributed by atoms with Crippen molar-refractivity contribution in [2.45, 2.75) is 32.7 Å². The van der Waals surface area contributed by atoms with Crippen LogP contribution in [0, 0.1) is 0 Å². The van der Waals surface area contributed by atoms with E-state index in [1.807, 2.05) is 0 Å². The van der Waals surface area contributed by atoms with Crippen LogP contribution in [0.4, 0.5) is 11.9 Å². The maximum Gasteiger partial charge on any atom is 0.229 e. The lowest BCUT2D eigenvalue weighted by Gasteiger charge is -2.13. The van der Waals surface area contributed by atoms with Gasteiger partial charge in [-0.3, -0.25) is 0 Å². The molecule has 108 valence electrons. The van der Waals surface area contributed by atoms with Crippen molar-refractivity contribution >= 4 is 34.8 Å². The van der Waals surface area contributed by atoms with E-state index in [-0.39, 0.29) is 11.3 Å². The molecule has 2 heterocycles. The van der Waals surface area contributed by atoms with Crippen LogP contribution in [-0.2, 0) is 6.42 Å². The van der Waals surface area contributed by atoms with Crippen molar-refractivity contribution in [2.75, 3.05) is 17.2 Å². The summed E-state index contributed by atoms with van der Waals surface area (Å²) in [6.45, 7) is 4.99. The smallest absolute Gasteiger partial charge is 0.229 e. The molecular formula is C13H18ClN5S. The Morgan fingerprint density at radius 3 is 2.80 bits per heavy atom. The SMILES string of the molecule is CCCNc1nc(Cl)nc(NC(C)Cc2cccs2)n1. The van der Waals surface area contributed by atoms with Crippen molar-refractivity contribution in [1.29, 1.82) is 0 Å². The first-order valence-corrected chi connectivity index (χ1v) is 7.87. The molecule has 2 aromatic rings. The molecule has 20 heavy (non-hydrogen) atoms. The van der Waals surface area contributed by atoms with Gasteiger partial charge in [0.1, 0.15) is 0 Å². The van der Waals surface area contributed by atoms with Crippen LogP contribution in [0.2, 0.25) is 5.28 Å². The largest absolute Gasteiger partial charge is 0.354 e. The fourth-order valence-electron chi connectivity index (χ4n) is 1.73. The summed E-state index contributed by atoms with van der Waals surface area (Å²) in [5, 5.41) is 8.64. The molecule has 0 saturated heterocycles. The lowest BCUT2D eigenvalue weighted by molar-refractivity contribution is 0.783. The number of thiophene rings is 1. The van der Waals surface area contributed by atoms with Gasteiger partial charge in [0, 0.05) is 23.9 Å². The summed E-state index contributed by atoms with van der Waals surface area (Å²) in [6, 6.07) is 4.41. The molecule has 5 nitrogen and oxygen atoms in total. The highest BCUT2D eigenvalue weighted by molar-refractivity contribution is 7.09. The highest BCUT2D eigenvalue weighted by atomic mass is 35.5. The molecule has 0 aliphatic heterocycles. The van der Waals surface area contributed by atoms with E-state index in [9.17, 15) is 0 Å². The fraction of sp³-hybridized carbons (Fsp3) is 0.462. The average molecular weight is 312 g/mol. The van der Waals surface area contributed by atoms with Crippen LogP contribution in [0.5, 0.6) is 0 Å². The van der Waals surface area contributed by atoms with E-state index in [1.54, 1.807) is 11.3 Å². The molecule has 7 heteroatoms. The summed E-state index contributed by atoms with van der Waals surface area (Å²) in [7, 11) is 0. The number of nitrogens with zero attached hydrogens (tertiary/aromatic N) is 3. The van der Waals surface area contributed by atoms with Crippen molar-refractivity contribution < 1.29 is 0 Å². The second-order valence-electron chi connectivity index (χ2n) is 4.51. The topological polar surface area (TPSA) is 62.7 Å². The average Bonchev–Trinajstić information content (AvgIpc) is 2.88.